The molecule has 2 heterocycles. The Hall–Kier alpha value is -1.26. The topological polar surface area (TPSA) is 60.9 Å². The number of carbonyl (C=O) groups is 2. The molecule has 1 N–H and O–H groups in total. The van der Waals surface area contributed by atoms with Gasteiger partial charge in [-0.15, -0.1) is 0 Å². The summed E-state index contributed by atoms with van der Waals surface area (Å²) in [7, 11) is 0. The van der Waals surface area contributed by atoms with E-state index in [1.807, 2.05) is 9.80 Å². The predicted molar refractivity (Wildman–Crippen MR) is 81.1 cm³/mol. The van der Waals surface area contributed by atoms with Crippen molar-refractivity contribution in [3.8, 4) is 0 Å². The van der Waals surface area contributed by atoms with E-state index < -0.39 is 5.97 Å². The normalized spacial score (nSPS) is 27.0. The Morgan fingerprint density at radius 2 is 1.76 bits per heavy atom. The summed E-state index contributed by atoms with van der Waals surface area (Å²) in [4.78, 5) is 27.3. The molecule has 0 spiro atoms. The Bertz CT molecular complexity index is 403. The fraction of sp³-hybridized carbons (Fsp3) is 0.875. The number of rotatable bonds is 2. The average Bonchev–Trinajstić information content (AvgIpc) is 2.86. The van der Waals surface area contributed by atoms with Crippen LogP contribution in [0.4, 0.5) is 4.79 Å². The van der Waals surface area contributed by atoms with Gasteiger partial charge in [-0.25, -0.2) is 4.79 Å². The number of nitrogens with zero attached hydrogens (tertiary/aromatic N) is 2. The van der Waals surface area contributed by atoms with Gasteiger partial charge in [0.15, 0.2) is 0 Å². The molecule has 2 unspecified atom stereocenters. The fourth-order valence-electron chi connectivity index (χ4n) is 3.49. The van der Waals surface area contributed by atoms with Gasteiger partial charge in [0.1, 0.15) is 0 Å². The highest BCUT2D eigenvalue weighted by atomic mass is 16.4. The van der Waals surface area contributed by atoms with Gasteiger partial charge in [-0.1, -0.05) is 20.8 Å². The molecule has 0 aromatic heterocycles. The lowest BCUT2D eigenvalue weighted by Crippen LogP contribution is -2.47. The van der Waals surface area contributed by atoms with Crippen molar-refractivity contribution in [1.82, 2.24) is 9.80 Å². The molecule has 2 aliphatic heterocycles. The van der Waals surface area contributed by atoms with Gasteiger partial charge in [0.05, 0.1) is 0 Å². The second kappa shape index (κ2) is 6.24. The molecule has 2 rings (SSSR count). The third-order valence-electron chi connectivity index (χ3n) is 4.94. The third-order valence-corrected chi connectivity index (χ3v) is 4.94. The Labute approximate surface area is 127 Å². The van der Waals surface area contributed by atoms with Gasteiger partial charge in [-0.2, -0.15) is 0 Å². The fourth-order valence-corrected chi connectivity index (χ4v) is 3.49. The van der Waals surface area contributed by atoms with Crippen LogP contribution in [0.1, 0.15) is 46.5 Å². The maximum atomic E-state index is 12.6. The summed E-state index contributed by atoms with van der Waals surface area (Å²) in [6.45, 7) is 9.73. The number of carboxylic acids is 1. The van der Waals surface area contributed by atoms with Gasteiger partial charge in [-0.05, 0) is 36.5 Å². The number of piperidine rings is 1. The minimum absolute atomic E-state index is 0.108. The molecular formula is C16H28N2O3. The van der Waals surface area contributed by atoms with Crippen LogP contribution in [0.15, 0.2) is 0 Å². The Morgan fingerprint density at radius 1 is 1.10 bits per heavy atom. The zero-order valence-electron chi connectivity index (χ0n) is 13.5. The molecule has 120 valence electrons. The van der Waals surface area contributed by atoms with Crippen molar-refractivity contribution < 1.29 is 14.7 Å². The summed E-state index contributed by atoms with van der Waals surface area (Å²) >= 11 is 0. The average molecular weight is 296 g/mol. The van der Waals surface area contributed by atoms with E-state index in [0.29, 0.717) is 12.5 Å². The van der Waals surface area contributed by atoms with Crippen molar-refractivity contribution in [2.75, 3.05) is 26.2 Å². The monoisotopic (exact) mass is 296 g/mol. The molecule has 0 aromatic carbocycles. The van der Waals surface area contributed by atoms with Gasteiger partial charge in [0.2, 0.25) is 0 Å². The number of urea groups is 1. The summed E-state index contributed by atoms with van der Waals surface area (Å²) in [6.07, 6.45) is 3.08. The number of aliphatic carboxylic acids is 1. The van der Waals surface area contributed by atoms with E-state index in [1.165, 1.54) is 0 Å². The number of carboxylic acid groups (broad SMARTS) is 1. The molecule has 2 saturated heterocycles. The summed E-state index contributed by atoms with van der Waals surface area (Å²) in [6, 6.07) is 0.108. The van der Waals surface area contributed by atoms with Crippen LogP contribution in [0, 0.1) is 17.3 Å². The lowest BCUT2D eigenvalue weighted by Gasteiger charge is -2.35. The lowest BCUT2D eigenvalue weighted by atomic mass is 9.80. The lowest BCUT2D eigenvalue weighted by molar-refractivity contribution is -0.138. The quantitative estimate of drug-likeness (QED) is 0.852. The van der Waals surface area contributed by atoms with Crippen LogP contribution >= 0.6 is 0 Å². The van der Waals surface area contributed by atoms with Crippen molar-refractivity contribution in [3.05, 3.63) is 0 Å². The number of hydrogen-bond acceptors (Lipinski definition) is 2. The SMILES string of the molecule is CC(C)(C)C1CCN(C(=O)N2CCCC(CC(=O)O)C2)C1. The molecule has 2 aliphatic rings. The number of hydrogen-bond donors (Lipinski definition) is 1. The zero-order valence-corrected chi connectivity index (χ0v) is 13.5. The van der Waals surface area contributed by atoms with Crippen LogP contribution in [0.3, 0.4) is 0 Å². The van der Waals surface area contributed by atoms with E-state index in [4.69, 9.17) is 5.11 Å². The molecule has 0 saturated carbocycles. The van der Waals surface area contributed by atoms with E-state index in [1.54, 1.807) is 0 Å². The molecule has 2 fully saturated rings. The first kappa shape index (κ1) is 16.1. The standard InChI is InChI=1S/C16H28N2O3/c1-16(2,3)13-6-8-18(11-13)15(21)17-7-4-5-12(10-17)9-14(19)20/h12-13H,4-11H2,1-3H3,(H,19,20). The molecule has 0 bridgehead atoms. The van der Waals surface area contributed by atoms with E-state index in [2.05, 4.69) is 20.8 Å². The first-order valence-corrected chi connectivity index (χ1v) is 8.03. The van der Waals surface area contributed by atoms with Gasteiger partial charge in [-0.3, -0.25) is 4.79 Å². The zero-order chi connectivity index (χ0) is 15.6. The van der Waals surface area contributed by atoms with Crippen LogP contribution in [0.2, 0.25) is 0 Å². The minimum Gasteiger partial charge on any atom is -0.481 e. The largest absolute Gasteiger partial charge is 0.481 e. The van der Waals surface area contributed by atoms with Crippen LogP contribution in [-0.4, -0.2) is 53.1 Å². The Kier molecular flexibility index (Phi) is 4.79. The molecule has 2 amide bonds. The Balaban J connectivity index is 1.90. The summed E-state index contributed by atoms with van der Waals surface area (Å²) in [5.41, 5.74) is 0.239. The molecule has 0 aromatic rings. The van der Waals surface area contributed by atoms with Crippen molar-refractivity contribution in [2.45, 2.75) is 46.5 Å². The molecule has 2 atom stereocenters. The van der Waals surface area contributed by atoms with Gasteiger partial charge >= 0.3 is 12.0 Å². The highest BCUT2D eigenvalue weighted by Gasteiger charge is 2.36. The van der Waals surface area contributed by atoms with Crippen LogP contribution in [0.25, 0.3) is 0 Å². The van der Waals surface area contributed by atoms with Gasteiger partial charge in [0, 0.05) is 32.6 Å². The van der Waals surface area contributed by atoms with Crippen molar-refractivity contribution in [1.29, 1.82) is 0 Å². The predicted octanol–water partition coefficient (Wildman–Crippen LogP) is 2.66. The first-order valence-electron chi connectivity index (χ1n) is 8.03. The molecular weight excluding hydrogens is 268 g/mol. The van der Waals surface area contributed by atoms with Gasteiger partial charge < -0.3 is 14.9 Å². The second-order valence-electron chi connectivity index (χ2n) is 7.63. The summed E-state index contributed by atoms with van der Waals surface area (Å²) in [5.74, 6) is -0.0921. The van der Waals surface area contributed by atoms with E-state index >= 15 is 0 Å². The summed E-state index contributed by atoms with van der Waals surface area (Å²) < 4.78 is 0. The van der Waals surface area contributed by atoms with E-state index in [-0.39, 0.29) is 23.8 Å². The number of carbonyl (C=O) groups excluding carboxylic acids is 1. The minimum atomic E-state index is -0.761. The highest BCUT2D eigenvalue weighted by molar-refractivity contribution is 5.75. The summed E-state index contributed by atoms with van der Waals surface area (Å²) in [5, 5.41) is 8.91. The smallest absolute Gasteiger partial charge is 0.320 e. The van der Waals surface area contributed by atoms with Crippen LogP contribution in [0.5, 0.6) is 0 Å². The number of amides is 2. The first-order chi connectivity index (χ1) is 9.77. The maximum Gasteiger partial charge on any atom is 0.320 e. The second-order valence-corrected chi connectivity index (χ2v) is 7.63. The van der Waals surface area contributed by atoms with E-state index in [9.17, 15) is 9.59 Å². The van der Waals surface area contributed by atoms with Crippen molar-refractivity contribution in [3.63, 3.8) is 0 Å². The maximum absolute atomic E-state index is 12.6. The van der Waals surface area contributed by atoms with Crippen molar-refractivity contribution >= 4 is 12.0 Å². The molecule has 0 aliphatic carbocycles. The molecule has 0 radical (unpaired) electrons. The van der Waals surface area contributed by atoms with E-state index in [0.717, 1.165) is 38.9 Å². The third kappa shape index (κ3) is 4.11. The van der Waals surface area contributed by atoms with Crippen LogP contribution in [-0.2, 0) is 4.79 Å². The molecule has 5 heteroatoms. The highest BCUT2D eigenvalue weighted by Crippen LogP contribution is 2.34. The molecule has 5 nitrogen and oxygen atoms in total. The van der Waals surface area contributed by atoms with Crippen LogP contribution < -0.4 is 0 Å². The number of likely N-dealkylation sites (tertiary alicyclic amines) is 2. The molecule has 21 heavy (non-hydrogen) atoms. The van der Waals surface area contributed by atoms with Crippen molar-refractivity contribution in [2.24, 2.45) is 17.3 Å². The Morgan fingerprint density at radius 3 is 2.33 bits per heavy atom. The van der Waals surface area contributed by atoms with Gasteiger partial charge in [0.25, 0.3) is 0 Å².